The van der Waals surface area contributed by atoms with E-state index in [1.165, 1.54) is 0 Å². The Morgan fingerprint density at radius 3 is 2.77 bits per heavy atom. The molecule has 30 heavy (non-hydrogen) atoms. The maximum Gasteiger partial charge on any atom is 0.227 e. The van der Waals surface area contributed by atoms with Crippen molar-refractivity contribution in [3.8, 4) is 5.75 Å². The number of ether oxygens (including phenoxy) is 1. The van der Waals surface area contributed by atoms with Gasteiger partial charge in [-0.2, -0.15) is 4.98 Å². The molecule has 1 aromatic heterocycles. The summed E-state index contributed by atoms with van der Waals surface area (Å²) in [5.41, 5.74) is 0.216. The monoisotopic (exact) mass is 430 g/mol. The van der Waals surface area contributed by atoms with E-state index in [4.69, 9.17) is 4.74 Å². The highest BCUT2D eigenvalue weighted by molar-refractivity contribution is 7.85. The fourth-order valence-corrected chi connectivity index (χ4v) is 5.71. The van der Waals surface area contributed by atoms with Crippen molar-refractivity contribution in [2.75, 3.05) is 42.8 Å². The third-order valence-electron chi connectivity index (χ3n) is 6.47. The lowest BCUT2D eigenvalue weighted by Gasteiger charge is -2.47. The summed E-state index contributed by atoms with van der Waals surface area (Å²) < 4.78 is 17.8. The molecule has 2 aliphatic heterocycles. The van der Waals surface area contributed by atoms with Gasteiger partial charge in [-0.05, 0) is 37.0 Å². The number of aromatic nitrogens is 2. The molecule has 1 aromatic carbocycles. The Labute approximate surface area is 177 Å². The van der Waals surface area contributed by atoms with Gasteiger partial charge in [0.2, 0.25) is 5.95 Å². The highest BCUT2D eigenvalue weighted by atomic mass is 32.2. The summed E-state index contributed by atoms with van der Waals surface area (Å²) in [5, 5.41) is 24.3. The molecule has 5 rings (SSSR count). The van der Waals surface area contributed by atoms with Gasteiger partial charge in [0.1, 0.15) is 22.1 Å². The number of aryl methyl sites for hydroxylation is 1. The summed E-state index contributed by atoms with van der Waals surface area (Å²) in [6, 6.07) is 7.45. The molecular formula is C21H26N4O4S. The number of aliphatic hydroxyl groups is 2. The standard InChI is InChI=1S/C21H26N4O4S/c1-29-15-5-2-4-14(10-15)21(27)11-25(12-21)19-22-16-6-9-30(28)17(16)18(23-19)24-20(13-26)7-3-8-20/h2,4-5,10,26-27H,3,6-9,11-13H2,1H3,(H,22,23,24). The highest BCUT2D eigenvalue weighted by Crippen LogP contribution is 2.40. The number of nitrogens with zero attached hydrogens (tertiary/aromatic N) is 3. The van der Waals surface area contributed by atoms with Crippen molar-refractivity contribution < 1.29 is 19.2 Å². The normalized spacial score (nSPS) is 23.3. The van der Waals surface area contributed by atoms with E-state index in [1.807, 2.05) is 29.2 Å². The predicted octanol–water partition coefficient (Wildman–Crippen LogP) is 1.18. The van der Waals surface area contributed by atoms with Crippen molar-refractivity contribution >= 4 is 22.6 Å². The second kappa shape index (κ2) is 7.18. The Bertz CT molecular complexity index is 999. The van der Waals surface area contributed by atoms with Crippen LogP contribution in [0.3, 0.4) is 0 Å². The molecule has 0 spiro atoms. The Kier molecular flexibility index (Phi) is 4.72. The molecule has 3 N–H and O–H groups in total. The summed E-state index contributed by atoms with van der Waals surface area (Å²) in [5.74, 6) is 2.34. The predicted molar refractivity (Wildman–Crippen MR) is 113 cm³/mol. The molecule has 160 valence electrons. The van der Waals surface area contributed by atoms with Gasteiger partial charge in [0.15, 0.2) is 0 Å². The second-order valence-corrected chi connectivity index (χ2v) is 9.99. The summed E-state index contributed by atoms with van der Waals surface area (Å²) in [6.45, 7) is 0.756. The molecule has 1 unspecified atom stereocenters. The Morgan fingerprint density at radius 1 is 1.30 bits per heavy atom. The average Bonchev–Trinajstić information content (AvgIpc) is 3.09. The lowest BCUT2D eigenvalue weighted by molar-refractivity contribution is 0.00633. The topological polar surface area (TPSA) is 108 Å². The van der Waals surface area contributed by atoms with Crippen LogP contribution in [-0.4, -0.2) is 62.5 Å². The molecule has 1 aliphatic carbocycles. The van der Waals surface area contributed by atoms with Crippen molar-refractivity contribution in [1.82, 2.24) is 9.97 Å². The van der Waals surface area contributed by atoms with Gasteiger partial charge < -0.3 is 25.2 Å². The maximum atomic E-state index is 12.5. The van der Waals surface area contributed by atoms with Crippen molar-refractivity contribution in [3.05, 3.63) is 35.5 Å². The van der Waals surface area contributed by atoms with Gasteiger partial charge in [-0.3, -0.25) is 4.21 Å². The lowest BCUT2D eigenvalue weighted by atomic mass is 9.77. The maximum absolute atomic E-state index is 12.5. The van der Waals surface area contributed by atoms with E-state index >= 15 is 0 Å². The average molecular weight is 431 g/mol. The van der Waals surface area contributed by atoms with Gasteiger partial charge >= 0.3 is 0 Å². The summed E-state index contributed by atoms with van der Waals surface area (Å²) in [4.78, 5) is 11.9. The van der Waals surface area contributed by atoms with Gasteiger partial charge in [-0.25, -0.2) is 4.98 Å². The Balaban J connectivity index is 1.42. The molecule has 3 aliphatic rings. The van der Waals surface area contributed by atoms with Crippen LogP contribution in [0.4, 0.5) is 11.8 Å². The molecule has 2 fully saturated rings. The van der Waals surface area contributed by atoms with Crippen LogP contribution >= 0.6 is 0 Å². The summed E-state index contributed by atoms with van der Waals surface area (Å²) in [6.07, 6.45) is 3.43. The van der Waals surface area contributed by atoms with E-state index in [0.29, 0.717) is 47.7 Å². The lowest BCUT2D eigenvalue weighted by Crippen LogP contribution is -2.60. The molecule has 0 radical (unpaired) electrons. The number of nitrogens with one attached hydrogen (secondary N) is 1. The summed E-state index contributed by atoms with van der Waals surface area (Å²) >= 11 is 0. The third kappa shape index (κ3) is 3.16. The van der Waals surface area contributed by atoms with Gasteiger partial charge in [0, 0.05) is 12.2 Å². The number of anilines is 2. The van der Waals surface area contributed by atoms with Crippen LogP contribution in [-0.2, 0) is 22.8 Å². The van der Waals surface area contributed by atoms with Crippen molar-refractivity contribution in [1.29, 1.82) is 0 Å². The SMILES string of the molecule is COc1cccc(C2(O)CN(c3nc4c(c(NC5(CO)CCC5)n3)S(=O)CC4)C2)c1. The number of methoxy groups -OCH3 is 1. The first-order valence-electron chi connectivity index (χ1n) is 10.3. The van der Waals surface area contributed by atoms with Crippen LogP contribution in [0.1, 0.15) is 30.5 Å². The van der Waals surface area contributed by atoms with Crippen LogP contribution < -0.4 is 15.0 Å². The van der Waals surface area contributed by atoms with E-state index in [-0.39, 0.29) is 12.1 Å². The molecule has 3 heterocycles. The number of hydrogen-bond donors (Lipinski definition) is 3. The van der Waals surface area contributed by atoms with Crippen molar-refractivity contribution in [3.63, 3.8) is 0 Å². The number of benzene rings is 1. The molecule has 9 heteroatoms. The number of rotatable bonds is 6. The molecule has 0 bridgehead atoms. The number of aliphatic hydroxyl groups excluding tert-OH is 1. The van der Waals surface area contributed by atoms with Crippen LogP contribution in [0.5, 0.6) is 5.75 Å². The fraction of sp³-hybridized carbons (Fsp3) is 0.524. The molecular weight excluding hydrogens is 404 g/mol. The Morgan fingerprint density at radius 2 is 2.10 bits per heavy atom. The van der Waals surface area contributed by atoms with Gasteiger partial charge in [-0.15, -0.1) is 0 Å². The molecule has 8 nitrogen and oxygen atoms in total. The second-order valence-electron chi connectivity index (χ2n) is 8.48. The van der Waals surface area contributed by atoms with Crippen LogP contribution in [0.2, 0.25) is 0 Å². The molecule has 1 atom stereocenters. The Hall–Kier alpha value is -2.23. The van der Waals surface area contributed by atoms with E-state index in [2.05, 4.69) is 15.3 Å². The smallest absolute Gasteiger partial charge is 0.227 e. The van der Waals surface area contributed by atoms with Gasteiger partial charge in [-0.1, -0.05) is 12.1 Å². The van der Waals surface area contributed by atoms with Crippen LogP contribution in [0.15, 0.2) is 29.2 Å². The minimum absolute atomic E-state index is 0.0209. The van der Waals surface area contributed by atoms with E-state index < -0.39 is 16.4 Å². The van der Waals surface area contributed by atoms with E-state index in [9.17, 15) is 14.4 Å². The van der Waals surface area contributed by atoms with Gasteiger partial charge in [0.25, 0.3) is 0 Å². The van der Waals surface area contributed by atoms with Crippen molar-refractivity contribution in [2.45, 2.75) is 41.7 Å². The van der Waals surface area contributed by atoms with E-state index in [0.717, 1.165) is 30.5 Å². The van der Waals surface area contributed by atoms with Gasteiger partial charge in [0.05, 0.1) is 48.8 Å². The molecule has 2 aromatic rings. The fourth-order valence-electron chi connectivity index (χ4n) is 4.41. The highest BCUT2D eigenvalue weighted by Gasteiger charge is 2.45. The first-order valence-corrected chi connectivity index (χ1v) is 11.6. The molecule has 1 saturated heterocycles. The molecule has 0 amide bonds. The van der Waals surface area contributed by atoms with E-state index in [1.54, 1.807) is 7.11 Å². The largest absolute Gasteiger partial charge is 0.497 e. The third-order valence-corrected chi connectivity index (χ3v) is 7.93. The van der Waals surface area contributed by atoms with Crippen LogP contribution in [0, 0.1) is 0 Å². The van der Waals surface area contributed by atoms with Crippen molar-refractivity contribution in [2.24, 2.45) is 0 Å². The first-order chi connectivity index (χ1) is 14.5. The zero-order valence-electron chi connectivity index (χ0n) is 16.9. The minimum Gasteiger partial charge on any atom is -0.497 e. The quantitative estimate of drug-likeness (QED) is 0.627. The number of fused-ring (bicyclic) bond motifs is 1. The molecule has 1 saturated carbocycles. The number of β-amino-alcohol motifs (C(OH)–C–C–N with tert-alkyl or cyclic N) is 1. The van der Waals surface area contributed by atoms with Crippen LogP contribution in [0.25, 0.3) is 0 Å². The zero-order valence-corrected chi connectivity index (χ0v) is 17.7. The minimum atomic E-state index is -1.13. The zero-order chi connectivity index (χ0) is 20.9. The first kappa shape index (κ1) is 19.7. The summed E-state index contributed by atoms with van der Waals surface area (Å²) in [7, 11) is 0.476. The number of hydrogen-bond acceptors (Lipinski definition) is 8.